The lowest BCUT2D eigenvalue weighted by molar-refractivity contribution is 0.0508. The summed E-state index contributed by atoms with van der Waals surface area (Å²) in [6, 6.07) is 14.9. The summed E-state index contributed by atoms with van der Waals surface area (Å²) >= 11 is 5.87. The molecule has 0 aliphatic carbocycles. The molecule has 5 nitrogen and oxygen atoms in total. The van der Waals surface area contributed by atoms with Crippen LogP contribution in [0, 0.1) is 0 Å². The zero-order valence-corrected chi connectivity index (χ0v) is 15.5. The molecule has 2 aromatic carbocycles. The first kappa shape index (κ1) is 18.5. The maximum Gasteiger partial charge on any atom is 0.319 e. The SMILES string of the molecule is COc1ccc(C2(CNC(=O)Nc3ccc(Cl)cc3)CCOCC2)cc1. The minimum Gasteiger partial charge on any atom is -0.497 e. The molecule has 3 rings (SSSR count). The molecule has 138 valence electrons. The van der Waals surface area contributed by atoms with E-state index < -0.39 is 0 Å². The standard InChI is InChI=1S/C20H23ClN2O3/c1-25-18-8-2-15(3-9-18)20(10-12-26-13-11-20)14-22-19(24)23-17-6-4-16(21)5-7-17/h2-9H,10-14H2,1H3,(H2,22,23,24). The second kappa shape index (κ2) is 8.43. The molecular formula is C20H23ClN2O3. The quantitative estimate of drug-likeness (QED) is 0.823. The first-order valence-electron chi connectivity index (χ1n) is 8.64. The summed E-state index contributed by atoms with van der Waals surface area (Å²) in [6.07, 6.45) is 1.72. The Balaban J connectivity index is 1.67. The fourth-order valence-corrected chi connectivity index (χ4v) is 3.36. The number of carbonyl (C=O) groups excluding carboxylic acids is 1. The van der Waals surface area contributed by atoms with Gasteiger partial charge in [-0.2, -0.15) is 0 Å². The van der Waals surface area contributed by atoms with Crippen LogP contribution in [0.4, 0.5) is 10.5 Å². The van der Waals surface area contributed by atoms with Crippen LogP contribution in [0.3, 0.4) is 0 Å². The van der Waals surface area contributed by atoms with Crippen LogP contribution in [0.25, 0.3) is 0 Å². The highest BCUT2D eigenvalue weighted by atomic mass is 35.5. The van der Waals surface area contributed by atoms with Crippen molar-refractivity contribution >= 4 is 23.3 Å². The van der Waals surface area contributed by atoms with Crippen LogP contribution in [-0.2, 0) is 10.2 Å². The van der Waals surface area contributed by atoms with Crippen molar-refractivity contribution in [3.8, 4) is 5.75 Å². The Kier molecular flexibility index (Phi) is 6.01. The Bertz CT molecular complexity index is 726. The van der Waals surface area contributed by atoms with Gasteiger partial charge in [-0.15, -0.1) is 0 Å². The third kappa shape index (κ3) is 4.48. The topological polar surface area (TPSA) is 59.6 Å². The predicted molar refractivity (Wildman–Crippen MR) is 103 cm³/mol. The Labute approximate surface area is 158 Å². The molecule has 26 heavy (non-hydrogen) atoms. The van der Waals surface area contributed by atoms with Crippen molar-refractivity contribution < 1.29 is 14.3 Å². The van der Waals surface area contributed by atoms with E-state index in [4.69, 9.17) is 21.1 Å². The van der Waals surface area contributed by atoms with Crippen molar-refractivity contribution in [2.45, 2.75) is 18.3 Å². The molecule has 0 saturated carbocycles. The van der Waals surface area contributed by atoms with E-state index in [-0.39, 0.29) is 11.4 Å². The Morgan fingerprint density at radius 3 is 2.38 bits per heavy atom. The minimum absolute atomic E-state index is 0.137. The molecule has 0 radical (unpaired) electrons. The molecule has 0 bridgehead atoms. The maximum absolute atomic E-state index is 12.3. The van der Waals surface area contributed by atoms with Crippen molar-refractivity contribution in [2.75, 3.05) is 32.2 Å². The molecule has 0 unspecified atom stereocenters. The molecular weight excluding hydrogens is 352 g/mol. The fourth-order valence-electron chi connectivity index (χ4n) is 3.23. The highest BCUT2D eigenvalue weighted by Gasteiger charge is 2.34. The first-order valence-corrected chi connectivity index (χ1v) is 9.02. The number of benzene rings is 2. The summed E-state index contributed by atoms with van der Waals surface area (Å²) in [7, 11) is 1.65. The summed E-state index contributed by atoms with van der Waals surface area (Å²) in [5.74, 6) is 0.824. The molecule has 2 amide bonds. The average Bonchev–Trinajstić information content (AvgIpc) is 2.69. The molecule has 1 aliphatic heterocycles. The van der Waals surface area contributed by atoms with Gasteiger partial charge >= 0.3 is 6.03 Å². The average molecular weight is 375 g/mol. The van der Waals surface area contributed by atoms with Crippen molar-refractivity contribution in [2.24, 2.45) is 0 Å². The highest BCUT2D eigenvalue weighted by molar-refractivity contribution is 6.30. The van der Waals surface area contributed by atoms with E-state index in [1.165, 1.54) is 5.56 Å². The van der Waals surface area contributed by atoms with E-state index in [1.54, 1.807) is 31.4 Å². The molecule has 2 aromatic rings. The third-order valence-corrected chi connectivity index (χ3v) is 5.09. The molecule has 1 heterocycles. The molecule has 0 spiro atoms. The van der Waals surface area contributed by atoms with Gasteiger partial charge in [-0.3, -0.25) is 0 Å². The highest BCUT2D eigenvalue weighted by Crippen LogP contribution is 2.35. The normalized spacial score (nSPS) is 15.9. The van der Waals surface area contributed by atoms with Gasteiger partial charge in [0.1, 0.15) is 5.75 Å². The van der Waals surface area contributed by atoms with E-state index in [1.807, 2.05) is 12.1 Å². The number of urea groups is 1. The number of carbonyl (C=O) groups is 1. The number of ether oxygens (including phenoxy) is 2. The fraction of sp³-hybridized carbons (Fsp3) is 0.350. The van der Waals surface area contributed by atoms with Crippen LogP contribution in [0.2, 0.25) is 5.02 Å². The molecule has 1 saturated heterocycles. The van der Waals surface area contributed by atoms with Crippen molar-refractivity contribution in [1.29, 1.82) is 0 Å². The number of hydrogen-bond acceptors (Lipinski definition) is 3. The number of halogens is 1. The van der Waals surface area contributed by atoms with Gasteiger partial charge in [0, 0.05) is 35.9 Å². The number of nitrogens with one attached hydrogen (secondary N) is 2. The lowest BCUT2D eigenvalue weighted by atomic mass is 9.74. The Morgan fingerprint density at radius 1 is 1.12 bits per heavy atom. The van der Waals surface area contributed by atoms with Gasteiger partial charge in [0.2, 0.25) is 0 Å². The predicted octanol–water partition coefficient (Wildman–Crippen LogP) is 4.22. The van der Waals surface area contributed by atoms with Gasteiger partial charge in [0.25, 0.3) is 0 Å². The van der Waals surface area contributed by atoms with E-state index >= 15 is 0 Å². The van der Waals surface area contributed by atoms with Crippen LogP contribution in [-0.4, -0.2) is 32.9 Å². The number of rotatable bonds is 5. The first-order chi connectivity index (χ1) is 12.6. The zero-order valence-electron chi connectivity index (χ0n) is 14.8. The maximum atomic E-state index is 12.3. The van der Waals surface area contributed by atoms with Crippen LogP contribution >= 0.6 is 11.6 Å². The number of methoxy groups -OCH3 is 1. The largest absolute Gasteiger partial charge is 0.497 e. The monoisotopic (exact) mass is 374 g/mol. The molecule has 0 atom stereocenters. The van der Waals surface area contributed by atoms with Crippen LogP contribution < -0.4 is 15.4 Å². The lowest BCUT2D eigenvalue weighted by Gasteiger charge is -2.38. The molecule has 6 heteroatoms. The number of amides is 2. The van der Waals surface area contributed by atoms with Crippen LogP contribution in [0.5, 0.6) is 5.75 Å². The molecule has 1 fully saturated rings. The molecule has 2 N–H and O–H groups in total. The van der Waals surface area contributed by atoms with Crippen molar-refractivity contribution in [3.63, 3.8) is 0 Å². The minimum atomic E-state index is -0.230. The molecule has 0 aromatic heterocycles. The summed E-state index contributed by atoms with van der Waals surface area (Å²) in [4.78, 5) is 12.3. The van der Waals surface area contributed by atoms with Crippen molar-refractivity contribution in [1.82, 2.24) is 5.32 Å². The van der Waals surface area contributed by atoms with Gasteiger partial charge < -0.3 is 20.1 Å². The van der Waals surface area contributed by atoms with Crippen molar-refractivity contribution in [3.05, 3.63) is 59.1 Å². The van der Waals surface area contributed by atoms with Gasteiger partial charge in [-0.05, 0) is 54.8 Å². The smallest absolute Gasteiger partial charge is 0.319 e. The lowest BCUT2D eigenvalue weighted by Crippen LogP contribution is -2.45. The Morgan fingerprint density at radius 2 is 1.77 bits per heavy atom. The van der Waals surface area contributed by atoms with Gasteiger partial charge in [-0.25, -0.2) is 4.79 Å². The number of anilines is 1. The Hall–Kier alpha value is -2.24. The summed E-state index contributed by atoms with van der Waals surface area (Å²) in [5, 5.41) is 6.49. The third-order valence-electron chi connectivity index (χ3n) is 4.84. The van der Waals surface area contributed by atoms with E-state index in [0.717, 1.165) is 18.6 Å². The summed E-state index contributed by atoms with van der Waals surface area (Å²) in [5.41, 5.74) is 1.76. The second-order valence-electron chi connectivity index (χ2n) is 6.44. The van der Waals surface area contributed by atoms with Gasteiger partial charge in [0.15, 0.2) is 0 Å². The van der Waals surface area contributed by atoms with E-state index in [2.05, 4.69) is 22.8 Å². The zero-order chi connectivity index (χ0) is 18.4. The molecule has 1 aliphatic rings. The van der Waals surface area contributed by atoms with E-state index in [9.17, 15) is 4.79 Å². The second-order valence-corrected chi connectivity index (χ2v) is 6.87. The number of hydrogen-bond donors (Lipinski definition) is 2. The summed E-state index contributed by atoms with van der Waals surface area (Å²) < 4.78 is 10.8. The van der Waals surface area contributed by atoms with Crippen LogP contribution in [0.15, 0.2) is 48.5 Å². The van der Waals surface area contributed by atoms with Crippen LogP contribution in [0.1, 0.15) is 18.4 Å². The van der Waals surface area contributed by atoms with Gasteiger partial charge in [0.05, 0.1) is 7.11 Å². The van der Waals surface area contributed by atoms with E-state index in [0.29, 0.717) is 30.5 Å². The van der Waals surface area contributed by atoms with Gasteiger partial charge in [-0.1, -0.05) is 23.7 Å². The summed E-state index contributed by atoms with van der Waals surface area (Å²) in [6.45, 7) is 1.92.